The molecule has 2 rings (SSSR count). The van der Waals surface area contributed by atoms with Crippen molar-refractivity contribution < 1.29 is 4.79 Å². The zero-order chi connectivity index (χ0) is 15.8. The molecule has 0 spiro atoms. The number of piperidine rings is 1. The predicted molar refractivity (Wildman–Crippen MR) is 110 cm³/mol. The fourth-order valence-corrected chi connectivity index (χ4v) is 4.30. The quantitative estimate of drug-likeness (QED) is 0.381. The molecule has 134 valence electrons. The molecule has 2 N–H and O–H groups in total. The Kier molecular flexibility index (Phi) is 10.3. The number of hydrogen-bond acceptors (Lipinski definition) is 3. The minimum absolute atomic E-state index is 0. The Morgan fingerprint density at radius 2 is 2.13 bits per heavy atom. The first-order chi connectivity index (χ1) is 10.7. The van der Waals surface area contributed by atoms with Crippen LogP contribution >= 0.6 is 35.7 Å². The molecule has 23 heavy (non-hydrogen) atoms. The van der Waals surface area contributed by atoms with Gasteiger partial charge in [0, 0.05) is 44.9 Å². The molecule has 0 radical (unpaired) electrons. The van der Waals surface area contributed by atoms with Gasteiger partial charge in [0.2, 0.25) is 5.91 Å². The summed E-state index contributed by atoms with van der Waals surface area (Å²) in [6.45, 7) is 5.69. The first kappa shape index (κ1) is 20.9. The summed E-state index contributed by atoms with van der Waals surface area (Å²) in [6.07, 6.45) is 5.55. The van der Waals surface area contributed by atoms with E-state index in [4.69, 9.17) is 0 Å². The molecule has 2 aliphatic rings. The number of carbonyl (C=O) groups is 1. The molecule has 1 amide bonds. The van der Waals surface area contributed by atoms with Crippen molar-refractivity contribution in [2.24, 2.45) is 10.9 Å². The smallest absolute Gasteiger partial charge is 0.224 e. The van der Waals surface area contributed by atoms with Gasteiger partial charge in [-0.3, -0.25) is 9.79 Å². The summed E-state index contributed by atoms with van der Waals surface area (Å²) in [5, 5.41) is 7.33. The van der Waals surface area contributed by atoms with Crippen LogP contribution in [-0.4, -0.2) is 61.0 Å². The maximum absolute atomic E-state index is 12.2. The fourth-order valence-electron chi connectivity index (χ4n) is 3.10. The van der Waals surface area contributed by atoms with E-state index in [0.29, 0.717) is 24.1 Å². The number of likely N-dealkylation sites (tertiary alicyclic amines) is 1. The van der Waals surface area contributed by atoms with Crippen LogP contribution in [0.2, 0.25) is 0 Å². The highest BCUT2D eigenvalue weighted by Crippen LogP contribution is 2.25. The van der Waals surface area contributed by atoms with Crippen LogP contribution in [0.15, 0.2) is 4.99 Å². The van der Waals surface area contributed by atoms with Crippen LogP contribution in [-0.2, 0) is 4.79 Å². The second-order valence-electron chi connectivity index (χ2n) is 6.35. The zero-order valence-electron chi connectivity index (χ0n) is 14.3. The number of aliphatic imine (C=N–C) groups is 1. The van der Waals surface area contributed by atoms with Gasteiger partial charge in [-0.2, -0.15) is 11.8 Å². The molecular weight excluding hydrogens is 423 g/mol. The summed E-state index contributed by atoms with van der Waals surface area (Å²) in [4.78, 5) is 18.4. The second kappa shape index (κ2) is 11.4. The first-order valence-corrected chi connectivity index (χ1v) is 9.58. The Bertz CT molecular complexity index is 388. The Labute approximate surface area is 161 Å². The van der Waals surface area contributed by atoms with Crippen molar-refractivity contribution in [2.45, 2.75) is 44.3 Å². The van der Waals surface area contributed by atoms with Crippen LogP contribution in [0.3, 0.4) is 0 Å². The molecule has 2 heterocycles. The van der Waals surface area contributed by atoms with E-state index < -0.39 is 0 Å². The van der Waals surface area contributed by atoms with E-state index in [0.717, 1.165) is 32.0 Å². The van der Waals surface area contributed by atoms with E-state index in [-0.39, 0.29) is 29.9 Å². The van der Waals surface area contributed by atoms with Crippen molar-refractivity contribution in [2.75, 3.05) is 39.0 Å². The molecule has 0 aliphatic carbocycles. The van der Waals surface area contributed by atoms with Gasteiger partial charge < -0.3 is 15.5 Å². The van der Waals surface area contributed by atoms with Gasteiger partial charge in [0.15, 0.2) is 5.96 Å². The van der Waals surface area contributed by atoms with Gasteiger partial charge in [-0.1, -0.05) is 6.92 Å². The average Bonchev–Trinajstić information content (AvgIpc) is 3.04. The predicted octanol–water partition coefficient (Wildman–Crippen LogP) is 2.31. The highest BCUT2D eigenvalue weighted by molar-refractivity contribution is 14.0. The molecule has 0 aromatic rings. The summed E-state index contributed by atoms with van der Waals surface area (Å²) in [6, 6.07) is 0. The van der Waals surface area contributed by atoms with Crippen LogP contribution in [0.5, 0.6) is 0 Å². The van der Waals surface area contributed by atoms with Gasteiger partial charge in [0.1, 0.15) is 0 Å². The van der Waals surface area contributed by atoms with E-state index >= 15 is 0 Å². The number of hydrogen-bond donors (Lipinski definition) is 2. The maximum Gasteiger partial charge on any atom is 0.224 e. The molecule has 7 heteroatoms. The van der Waals surface area contributed by atoms with E-state index in [1.807, 2.05) is 16.7 Å². The van der Waals surface area contributed by atoms with Gasteiger partial charge in [0.05, 0.1) is 0 Å². The third-order valence-corrected chi connectivity index (χ3v) is 5.78. The van der Waals surface area contributed by atoms with Crippen molar-refractivity contribution in [3.05, 3.63) is 0 Å². The number of guanidine groups is 1. The topological polar surface area (TPSA) is 56.7 Å². The largest absolute Gasteiger partial charge is 0.356 e. The van der Waals surface area contributed by atoms with E-state index in [9.17, 15) is 4.79 Å². The molecule has 2 fully saturated rings. The van der Waals surface area contributed by atoms with E-state index in [1.54, 1.807) is 7.05 Å². The van der Waals surface area contributed by atoms with Gasteiger partial charge in [-0.25, -0.2) is 0 Å². The molecule has 0 aromatic carbocycles. The van der Waals surface area contributed by atoms with Gasteiger partial charge in [-0.05, 0) is 37.4 Å². The molecular formula is C16H31IN4OS. The van der Waals surface area contributed by atoms with Crippen LogP contribution in [0.25, 0.3) is 0 Å². The molecule has 0 bridgehead atoms. The Morgan fingerprint density at radius 3 is 2.78 bits per heavy atom. The number of nitrogens with zero attached hydrogens (tertiary/aromatic N) is 2. The molecule has 0 aromatic heterocycles. The minimum Gasteiger partial charge on any atom is -0.356 e. The van der Waals surface area contributed by atoms with Crippen molar-refractivity contribution >= 4 is 47.6 Å². The van der Waals surface area contributed by atoms with Gasteiger partial charge in [-0.15, -0.1) is 24.0 Å². The number of nitrogens with one attached hydrogen (secondary N) is 2. The first-order valence-electron chi connectivity index (χ1n) is 8.53. The number of thioether (sulfide) groups is 1. The lowest BCUT2D eigenvalue weighted by Crippen LogP contribution is -2.43. The lowest BCUT2D eigenvalue weighted by Gasteiger charge is -2.31. The lowest BCUT2D eigenvalue weighted by molar-refractivity contribution is -0.132. The summed E-state index contributed by atoms with van der Waals surface area (Å²) < 4.78 is 0. The van der Waals surface area contributed by atoms with Crippen molar-refractivity contribution in [1.82, 2.24) is 15.5 Å². The third kappa shape index (κ3) is 7.49. The molecule has 2 atom stereocenters. The van der Waals surface area contributed by atoms with Crippen molar-refractivity contribution in [3.63, 3.8) is 0 Å². The zero-order valence-corrected chi connectivity index (χ0v) is 17.5. The third-order valence-electron chi connectivity index (χ3n) is 4.39. The number of rotatable bonds is 5. The summed E-state index contributed by atoms with van der Waals surface area (Å²) in [5.74, 6) is 3.00. The number of carbonyl (C=O) groups excluding carboxylic acids is 1. The minimum atomic E-state index is 0. The Hall–Kier alpha value is -0.180. The SMILES string of the molecule is CN=C(NCCC(=O)N1CCCC(C)C1)NCC1CCCS1.I. The lowest BCUT2D eigenvalue weighted by atomic mass is 10.00. The molecule has 2 saturated heterocycles. The molecule has 0 saturated carbocycles. The van der Waals surface area contributed by atoms with Gasteiger partial charge >= 0.3 is 0 Å². The summed E-state index contributed by atoms with van der Waals surface area (Å²) in [5.41, 5.74) is 0. The summed E-state index contributed by atoms with van der Waals surface area (Å²) in [7, 11) is 1.78. The van der Waals surface area contributed by atoms with Crippen molar-refractivity contribution in [3.8, 4) is 0 Å². The number of halogens is 1. The highest BCUT2D eigenvalue weighted by Gasteiger charge is 2.20. The Balaban J connectivity index is 0.00000264. The van der Waals surface area contributed by atoms with E-state index in [2.05, 4.69) is 22.5 Å². The molecule has 2 aliphatic heterocycles. The van der Waals surface area contributed by atoms with Gasteiger partial charge in [0.25, 0.3) is 0 Å². The second-order valence-corrected chi connectivity index (χ2v) is 7.76. The van der Waals surface area contributed by atoms with Crippen LogP contribution in [0.1, 0.15) is 39.0 Å². The van der Waals surface area contributed by atoms with E-state index in [1.165, 1.54) is 25.0 Å². The average molecular weight is 454 g/mol. The highest BCUT2D eigenvalue weighted by atomic mass is 127. The fraction of sp³-hybridized carbons (Fsp3) is 0.875. The monoisotopic (exact) mass is 454 g/mol. The standard InChI is InChI=1S/C16H30N4OS.HI/c1-13-5-3-9-20(12-13)15(21)7-8-18-16(17-2)19-11-14-6-4-10-22-14;/h13-14H,3-12H2,1-2H3,(H2,17,18,19);1H. The number of amides is 1. The van der Waals surface area contributed by atoms with Crippen LogP contribution in [0.4, 0.5) is 0 Å². The molecule has 2 unspecified atom stereocenters. The van der Waals surface area contributed by atoms with Crippen molar-refractivity contribution in [1.29, 1.82) is 0 Å². The van der Waals surface area contributed by atoms with Crippen LogP contribution < -0.4 is 10.6 Å². The molecule has 5 nitrogen and oxygen atoms in total. The van der Waals surface area contributed by atoms with Crippen LogP contribution in [0, 0.1) is 5.92 Å². The Morgan fingerprint density at radius 1 is 1.30 bits per heavy atom. The normalized spacial score (nSPS) is 25.0. The maximum atomic E-state index is 12.2. The summed E-state index contributed by atoms with van der Waals surface area (Å²) >= 11 is 2.04.